The number of methoxy groups -OCH3 is 1. The Morgan fingerprint density at radius 3 is 2.45 bits per heavy atom. The zero-order valence-corrected chi connectivity index (χ0v) is 24.2. The molecule has 1 aliphatic heterocycles. The second kappa shape index (κ2) is 12.3. The Balaban J connectivity index is 1.48. The van der Waals surface area contributed by atoms with E-state index in [1.807, 2.05) is 51.2 Å². The number of carbonyl (C=O) groups is 2. The number of halogens is 1. The topological polar surface area (TPSA) is 107 Å². The highest BCUT2D eigenvalue weighted by molar-refractivity contribution is 6.31. The van der Waals surface area contributed by atoms with Crippen LogP contribution >= 0.6 is 11.6 Å². The van der Waals surface area contributed by atoms with Gasteiger partial charge in [0.15, 0.2) is 0 Å². The van der Waals surface area contributed by atoms with Crippen molar-refractivity contribution in [3.8, 4) is 11.4 Å². The van der Waals surface area contributed by atoms with Gasteiger partial charge in [0.2, 0.25) is 5.91 Å². The van der Waals surface area contributed by atoms with Gasteiger partial charge in [-0.05, 0) is 42.8 Å². The molecule has 1 aliphatic rings. The molecular weight excluding hydrogens is 534 g/mol. The molecule has 2 aromatic carbocycles. The summed E-state index contributed by atoms with van der Waals surface area (Å²) in [5.74, 6) is -0.297. The molecule has 10 nitrogen and oxygen atoms in total. The van der Waals surface area contributed by atoms with E-state index >= 15 is 0 Å². The molecule has 214 valence electrons. The van der Waals surface area contributed by atoms with Crippen molar-refractivity contribution < 1.29 is 19.1 Å². The van der Waals surface area contributed by atoms with Crippen LogP contribution in [0.1, 0.15) is 36.3 Å². The summed E-state index contributed by atoms with van der Waals surface area (Å²) in [4.78, 5) is 41.7. The second-order valence-corrected chi connectivity index (χ2v) is 11.3. The number of para-hydroxylation sites is 1. The van der Waals surface area contributed by atoms with E-state index in [1.54, 1.807) is 23.9 Å². The highest BCUT2D eigenvalue weighted by Crippen LogP contribution is 2.25. The molecule has 4 rings (SSSR count). The lowest BCUT2D eigenvalue weighted by atomic mass is 9.88. The van der Waals surface area contributed by atoms with Crippen molar-refractivity contribution >= 4 is 29.1 Å². The third-order valence-electron chi connectivity index (χ3n) is 6.91. The highest BCUT2D eigenvalue weighted by atomic mass is 35.5. The van der Waals surface area contributed by atoms with Crippen LogP contribution in [0.2, 0.25) is 5.02 Å². The van der Waals surface area contributed by atoms with Crippen LogP contribution in [0.3, 0.4) is 0 Å². The number of hydrogen-bond acceptors (Lipinski definition) is 6. The number of likely N-dealkylation sites (N-methyl/N-ethyl adjacent to an activating group) is 1. The largest absolute Gasteiger partial charge is 0.496 e. The predicted octanol–water partition coefficient (Wildman–Crippen LogP) is 3.45. The number of hydrogen-bond donors (Lipinski definition) is 2. The Bertz CT molecular complexity index is 1430. The van der Waals surface area contributed by atoms with Gasteiger partial charge in [-0.2, -0.15) is 0 Å². The maximum absolute atomic E-state index is 13.5. The highest BCUT2D eigenvalue weighted by Gasteiger charge is 2.29. The van der Waals surface area contributed by atoms with Gasteiger partial charge in [0.05, 0.1) is 36.8 Å². The first-order chi connectivity index (χ1) is 19.0. The summed E-state index contributed by atoms with van der Waals surface area (Å²) < 4.78 is 14.6. The summed E-state index contributed by atoms with van der Waals surface area (Å²) >= 11 is 6.06. The second-order valence-electron chi connectivity index (χ2n) is 10.9. The lowest BCUT2D eigenvalue weighted by molar-refractivity contribution is -0.118. The Labute approximate surface area is 238 Å². The minimum atomic E-state index is -0.619. The molecule has 2 N–H and O–H groups in total. The van der Waals surface area contributed by atoms with Gasteiger partial charge in [0.1, 0.15) is 11.4 Å². The van der Waals surface area contributed by atoms with Crippen molar-refractivity contribution in [3.05, 3.63) is 75.2 Å². The molecule has 2 heterocycles. The standard InChI is InChI=1S/C29H36ClN5O5/c1-29(2,18-31-27(37)22-13-19(30)11-12-24(22)39-5)14-25(36)32-26-23(17-40-21-15-33(3)16-21)34(4)35(28(26)38)20-9-7-6-8-10-20/h6-13,21H,14-18H2,1-5H3,(H,31,37)(H,32,36). The first-order valence-corrected chi connectivity index (χ1v) is 13.4. The summed E-state index contributed by atoms with van der Waals surface area (Å²) in [6.45, 7) is 5.76. The first-order valence-electron chi connectivity index (χ1n) is 13.1. The molecule has 0 bridgehead atoms. The number of benzene rings is 2. The molecule has 0 saturated carbocycles. The lowest BCUT2D eigenvalue weighted by Crippen LogP contribution is -2.49. The summed E-state index contributed by atoms with van der Waals surface area (Å²) in [5.41, 5.74) is 0.795. The third-order valence-corrected chi connectivity index (χ3v) is 7.14. The van der Waals surface area contributed by atoms with Crippen molar-refractivity contribution in [1.82, 2.24) is 19.6 Å². The maximum atomic E-state index is 13.5. The smallest absolute Gasteiger partial charge is 0.295 e. The predicted molar refractivity (Wildman–Crippen MR) is 154 cm³/mol. The minimum Gasteiger partial charge on any atom is -0.496 e. The van der Waals surface area contributed by atoms with Crippen LogP contribution in [0.25, 0.3) is 5.69 Å². The van der Waals surface area contributed by atoms with E-state index in [0.29, 0.717) is 27.7 Å². The number of amides is 2. The van der Waals surface area contributed by atoms with Crippen LogP contribution in [-0.2, 0) is 23.2 Å². The molecule has 0 radical (unpaired) electrons. The number of anilines is 1. The number of ether oxygens (including phenoxy) is 2. The summed E-state index contributed by atoms with van der Waals surface area (Å²) in [7, 11) is 5.27. The van der Waals surface area contributed by atoms with E-state index in [0.717, 1.165) is 13.1 Å². The molecular formula is C29H36ClN5O5. The van der Waals surface area contributed by atoms with Crippen LogP contribution < -0.4 is 20.9 Å². The van der Waals surface area contributed by atoms with E-state index in [2.05, 4.69) is 15.5 Å². The molecule has 1 saturated heterocycles. The average molecular weight is 570 g/mol. The van der Waals surface area contributed by atoms with Crippen molar-refractivity contribution in [3.63, 3.8) is 0 Å². The molecule has 2 amide bonds. The zero-order chi connectivity index (χ0) is 29.0. The Hall–Kier alpha value is -3.60. The number of aromatic nitrogens is 2. The SMILES string of the molecule is COc1ccc(Cl)cc1C(=O)NCC(C)(C)CC(=O)Nc1c(COC2CN(C)C2)n(C)n(-c2ccccc2)c1=O. The maximum Gasteiger partial charge on any atom is 0.295 e. The minimum absolute atomic E-state index is 0.0628. The Kier molecular flexibility index (Phi) is 9.02. The Morgan fingerprint density at radius 1 is 1.10 bits per heavy atom. The van der Waals surface area contributed by atoms with Gasteiger partial charge >= 0.3 is 0 Å². The normalized spacial score (nSPS) is 14.1. The van der Waals surface area contributed by atoms with E-state index in [9.17, 15) is 14.4 Å². The monoisotopic (exact) mass is 569 g/mol. The number of likely N-dealkylation sites (tertiary alicyclic amines) is 1. The van der Waals surface area contributed by atoms with Gasteiger partial charge in [-0.25, -0.2) is 4.68 Å². The van der Waals surface area contributed by atoms with Crippen LogP contribution in [0.4, 0.5) is 5.69 Å². The molecule has 1 fully saturated rings. The third kappa shape index (κ3) is 6.75. The molecule has 0 spiro atoms. The van der Waals surface area contributed by atoms with Gasteiger partial charge in [-0.3, -0.25) is 19.1 Å². The molecule has 40 heavy (non-hydrogen) atoms. The lowest BCUT2D eigenvalue weighted by Gasteiger charge is -2.35. The molecule has 0 atom stereocenters. The average Bonchev–Trinajstić information content (AvgIpc) is 3.12. The summed E-state index contributed by atoms with van der Waals surface area (Å²) in [6, 6.07) is 14.0. The molecule has 11 heteroatoms. The van der Waals surface area contributed by atoms with Gasteiger partial charge in [-0.1, -0.05) is 43.6 Å². The molecule has 0 aliphatic carbocycles. The summed E-state index contributed by atoms with van der Waals surface area (Å²) in [6.07, 6.45) is 0.136. The van der Waals surface area contributed by atoms with E-state index in [4.69, 9.17) is 21.1 Å². The van der Waals surface area contributed by atoms with Gasteiger partial charge < -0.3 is 25.0 Å². The number of rotatable bonds is 11. The van der Waals surface area contributed by atoms with Gasteiger partial charge in [-0.15, -0.1) is 0 Å². The summed E-state index contributed by atoms with van der Waals surface area (Å²) in [5, 5.41) is 6.13. The molecule has 3 aromatic rings. The van der Waals surface area contributed by atoms with Gasteiger partial charge in [0.25, 0.3) is 11.5 Å². The molecule has 1 aromatic heterocycles. The van der Waals surface area contributed by atoms with Crippen molar-refractivity contribution in [2.24, 2.45) is 12.5 Å². The van der Waals surface area contributed by atoms with Gasteiger partial charge in [0, 0.05) is 38.1 Å². The fourth-order valence-electron chi connectivity index (χ4n) is 4.70. The number of nitrogens with one attached hydrogen (secondary N) is 2. The van der Waals surface area contributed by atoms with Crippen molar-refractivity contribution in [1.29, 1.82) is 0 Å². The fraction of sp³-hybridized carbons (Fsp3) is 0.414. The van der Waals surface area contributed by atoms with E-state index in [1.165, 1.54) is 17.9 Å². The van der Waals surface area contributed by atoms with Crippen LogP contribution in [0.15, 0.2) is 53.3 Å². The zero-order valence-electron chi connectivity index (χ0n) is 23.5. The molecule has 0 unspecified atom stereocenters. The van der Waals surface area contributed by atoms with Crippen LogP contribution in [0, 0.1) is 5.41 Å². The quantitative estimate of drug-likeness (QED) is 0.366. The van der Waals surface area contributed by atoms with Crippen molar-refractivity contribution in [2.75, 3.05) is 39.1 Å². The Morgan fingerprint density at radius 2 is 1.80 bits per heavy atom. The van der Waals surface area contributed by atoms with E-state index < -0.39 is 5.41 Å². The number of nitrogens with zero attached hydrogens (tertiary/aromatic N) is 3. The number of carbonyl (C=O) groups excluding carboxylic acids is 2. The fourth-order valence-corrected chi connectivity index (χ4v) is 4.87. The first kappa shape index (κ1) is 29.4. The van der Waals surface area contributed by atoms with Crippen LogP contribution in [0.5, 0.6) is 5.75 Å². The van der Waals surface area contributed by atoms with Crippen molar-refractivity contribution in [2.45, 2.75) is 33.0 Å². The van der Waals surface area contributed by atoms with E-state index in [-0.39, 0.29) is 48.7 Å². The van der Waals surface area contributed by atoms with Crippen LogP contribution in [-0.4, -0.2) is 66.0 Å².